The van der Waals surface area contributed by atoms with Crippen LogP contribution in [0.4, 0.5) is 0 Å². The number of allylic oxidation sites excluding steroid dienone is 2. The van der Waals surface area contributed by atoms with Crippen molar-refractivity contribution in [2.75, 3.05) is 20.3 Å². The van der Waals surface area contributed by atoms with Crippen molar-refractivity contribution in [3.8, 4) is 0 Å². The summed E-state index contributed by atoms with van der Waals surface area (Å²) in [7, 11) is -0.251. The van der Waals surface area contributed by atoms with Crippen LogP contribution in [0, 0.1) is 85.8 Å². The number of Topliss-reactive ketones (excluding diaryl/α,β-unsaturated/α-hetero) is 1. The van der Waals surface area contributed by atoms with Gasteiger partial charge in [0.1, 0.15) is 18.2 Å². The number of aldehydes is 1. The first-order valence-electron chi connectivity index (χ1n) is 29.6. The van der Waals surface area contributed by atoms with Crippen LogP contribution >= 0.6 is 0 Å². The summed E-state index contributed by atoms with van der Waals surface area (Å²) in [5.74, 6) is 2.43. The van der Waals surface area contributed by atoms with Gasteiger partial charge < -0.3 is 42.4 Å². The predicted octanol–water partition coefficient (Wildman–Crippen LogP) is 13.4. The SMILES string of the molecule is CCC1O[C@@H](OC2[C@H](O[C@H]3CCC4(C)C5CC=C6C7CC(C)(C)CC[C@]7(C(C)=O)[C@H](OC)CC6(C)[C@]5(C)CC[C@H]4C3(C)C=O)OC[C@@H](C)[C@@H]2O[C@@H]2OC[C@@H](C)[C@H](C)C2C)C(O[Si](CC)(CC)CC)[C@@H](C)[C@H]1C. The molecule has 3 saturated heterocycles. The van der Waals surface area contributed by atoms with Crippen LogP contribution in [0.5, 0.6) is 0 Å². The van der Waals surface area contributed by atoms with Gasteiger partial charge in [0.25, 0.3) is 0 Å². The monoisotopic (exact) mass is 1020 g/mol. The Kier molecular flexibility index (Phi) is 16.7. The lowest BCUT2D eigenvalue weighted by Crippen LogP contribution is -2.68. The molecule has 7 fully saturated rings. The molecule has 0 aromatic rings. The molecule has 11 heteroatoms. The molecule has 0 N–H and O–H groups in total. The maximum Gasteiger partial charge on any atom is 0.192 e. The molecule has 3 heterocycles. The van der Waals surface area contributed by atoms with E-state index in [1.54, 1.807) is 0 Å². The molecule has 0 aromatic heterocycles. The minimum atomic E-state index is -2.10. The van der Waals surface area contributed by atoms with Gasteiger partial charge in [-0.3, -0.25) is 4.79 Å². The van der Waals surface area contributed by atoms with Crippen LogP contribution in [0.25, 0.3) is 0 Å². The molecule has 0 spiro atoms. The van der Waals surface area contributed by atoms with Crippen molar-refractivity contribution < 1.29 is 47.2 Å². The molecule has 0 radical (unpaired) electrons. The lowest BCUT2D eigenvalue weighted by molar-refractivity contribution is -0.370. The van der Waals surface area contributed by atoms with E-state index in [0.29, 0.717) is 42.7 Å². The molecule has 5 aliphatic carbocycles. The Bertz CT molecular complexity index is 1950. The second-order valence-electron chi connectivity index (χ2n) is 27.7. The summed E-state index contributed by atoms with van der Waals surface area (Å²) in [4.78, 5) is 28.3. The van der Waals surface area contributed by atoms with Gasteiger partial charge in [-0.15, -0.1) is 0 Å². The first kappa shape index (κ1) is 57.2. The fourth-order valence-electron chi connectivity index (χ4n) is 18.0. The number of rotatable bonds is 15. The first-order chi connectivity index (χ1) is 33.8. The third-order valence-electron chi connectivity index (χ3n) is 24.0. The van der Waals surface area contributed by atoms with E-state index in [4.69, 9.17) is 37.6 Å². The highest BCUT2D eigenvalue weighted by molar-refractivity contribution is 6.73. The van der Waals surface area contributed by atoms with E-state index < -0.39 is 56.3 Å². The lowest BCUT2D eigenvalue weighted by atomic mass is 9.33. The largest absolute Gasteiger partial charge is 0.408 e. The number of methoxy groups -OCH3 is 1. The van der Waals surface area contributed by atoms with Crippen LogP contribution in [0.2, 0.25) is 18.1 Å². The van der Waals surface area contributed by atoms with Crippen molar-refractivity contribution in [2.24, 2.45) is 85.8 Å². The minimum absolute atomic E-state index is 0.00928. The second kappa shape index (κ2) is 21.0. The van der Waals surface area contributed by atoms with Crippen molar-refractivity contribution in [2.45, 2.75) is 256 Å². The lowest BCUT2D eigenvalue weighted by Gasteiger charge is -2.72. The molecule has 412 valence electrons. The van der Waals surface area contributed by atoms with Gasteiger partial charge >= 0.3 is 0 Å². The van der Waals surface area contributed by atoms with E-state index in [-0.39, 0.29) is 69.6 Å². The third kappa shape index (κ3) is 9.12. The van der Waals surface area contributed by atoms with Crippen molar-refractivity contribution in [3.63, 3.8) is 0 Å². The molecule has 9 unspecified atom stereocenters. The molecule has 0 bridgehead atoms. The summed E-state index contributed by atoms with van der Waals surface area (Å²) >= 11 is 0. The highest BCUT2D eigenvalue weighted by Gasteiger charge is 2.72. The molecule has 8 rings (SSSR count). The summed E-state index contributed by atoms with van der Waals surface area (Å²) in [5, 5.41) is 0. The smallest absolute Gasteiger partial charge is 0.192 e. The van der Waals surface area contributed by atoms with E-state index in [1.165, 1.54) is 11.9 Å². The van der Waals surface area contributed by atoms with Gasteiger partial charge in [-0.2, -0.15) is 0 Å². The number of ether oxygens (including phenoxy) is 7. The Hall–Kier alpha value is -1.02. The Morgan fingerprint density at radius 2 is 1.36 bits per heavy atom. The Balaban J connectivity index is 1.12. The first-order valence-corrected chi connectivity index (χ1v) is 32.1. The number of carbonyl (C=O) groups is 2. The van der Waals surface area contributed by atoms with E-state index >= 15 is 0 Å². The maximum absolute atomic E-state index is 14.2. The van der Waals surface area contributed by atoms with E-state index in [9.17, 15) is 9.59 Å². The van der Waals surface area contributed by atoms with Gasteiger partial charge in [-0.05, 0) is 152 Å². The van der Waals surface area contributed by atoms with Crippen molar-refractivity contribution >= 4 is 20.4 Å². The Labute approximate surface area is 439 Å². The minimum Gasteiger partial charge on any atom is -0.408 e. The van der Waals surface area contributed by atoms with Crippen LogP contribution in [-0.2, 0) is 47.2 Å². The van der Waals surface area contributed by atoms with E-state index in [0.717, 1.165) is 82.3 Å². The number of fused-ring (bicyclic) bond motifs is 7. The summed E-state index contributed by atoms with van der Waals surface area (Å²) in [6.45, 7) is 40.3. The number of hydrogen-bond donors (Lipinski definition) is 0. The summed E-state index contributed by atoms with van der Waals surface area (Å²) in [6.07, 6.45) is 9.39. The van der Waals surface area contributed by atoms with Gasteiger partial charge in [0.05, 0.1) is 54.6 Å². The fourth-order valence-corrected chi connectivity index (χ4v) is 20.9. The number of ketones is 1. The molecular weight excluding hydrogens is 921 g/mol. The van der Waals surface area contributed by atoms with Gasteiger partial charge in [-0.1, -0.05) is 122 Å². The molecule has 10 nitrogen and oxygen atoms in total. The van der Waals surface area contributed by atoms with Crippen molar-refractivity contribution in [3.05, 3.63) is 11.6 Å². The van der Waals surface area contributed by atoms with Gasteiger partial charge in [0.15, 0.2) is 27.2 Å². The standard InChI is InChI=1S/C61H104O10Si/c1-19-45-39(8)40(9)51(71-72(20-2,21-3)22-4)55(67-45)70-52-50(69-53-41(10)38(7)36(5)33-65-53)37(6)34-66-54(52)68-48-26-27-57(14)46(58(48,15)35-62)25-28-59(16)47(57)24-23-43-44-31-56(12,13)29-30-61(44,42(11)63)49(64-18)32-60(43,59)17/h23,35-41,44-55H,19-22,24-34H2,1-18H3/t36-,37-,38+,39-,40+,41?,44?,45?,46-,47?,48+,49-,50+,51?,52?,53+,54+,55+,57?,58?,59-,60?,61-/m1/s1. The summed E-state index contributed by atoms with van der Waals surface area (Å²) in [6, 6.07) is 3.10. The van der Waals surface area contributed by atoms with Gasteiger partial charge in [0, 0.05) is 18.9 Å². The second-order valence-corrected chi connectivity index (χ2v) is 32.4. The molecule has 8 aliphatic rings. The van der Waals surface area contributed by atoms with Crippen molar-refractivity contribution in [1.29, 1.82) is 0 Å². The summed E-state index contributed by atoms with van der Waals surface area (Å²) < 4.78 is 56.7. The van der Waals surface area contributed by atoms with Crippen molar-refractivity contribution in [1.82, 2.24) is 0 Å². The third-order valence-corrected chi connectivity index (χ3v) is 28.6. The van der Waals surface area contributed by atoms with Crippen LogP contribution in [0.3, 0.4) is 0 Å². The van der Waals surface area contributed by atoms with Crippen LogP contribution in [0.15, 0.2) is 11.6 Å². The van der Waals surface area contributed by atoms with Crippen LogP contribution < -0.4 is 0 Å². The quantitative estimate of drug-likeness (QED) is 0.0681. The average molecular weight is 1030 g/mol. The zero-order chi connectivity index (χ0) is 52.7. The molecule has 0 amide bonds. The fraction of sp³-hybridized carbons (Fsp3) is 0.934. The van der Waals surface area contributed by atoms with Crippen LogP contribution in [0.1, 0.15) is 182 Å². The van der Waals surface area contributed by atoms with E-state index in [2.05, 4.69) is 117 Å². The predicted molar refractivity (Wildman–Crippen MR) is 286 cm³/mol. The Morgan fingerprint density at radius 3 is 1.99 bits per heavy atom. The van der Waals surface area contributed by atoms with Gasteiger partial charge in [-0.25, -0.2) is 0 Å². The van der Waals surface area contributed by atoms with Gasteiger partial charge in [0.2, 0.25) is 0 Å². The highest BCUT2D eigenvalue weighted by Crippen LogP contribution is 2.76. The highest BCUT2D eigenvalue weighted by atomic mass is 28.4. The zero-order valence-electron chi connectivity index (χ0n) is 48.7. The number of hydrogen-bond acceptors (Lipinski definition) is 10. The molecule has 72 heavy (non-hydrogen) atoms. The zero-order valence-corrected chi connectivity index (χ0v) is 49.7. The topological polar surface area (TPSA) is 108 Å². The summed E-state index contributed by atoms with van der Waals surface area (Å²) in [5.41, 5.74) is 0.106. The normalized spacial score (nSPS) is 50.4. The Morgan fingerprint density at radius 1 is 0.708 bits per heavy atom. The molecule has 4 saturated carbocycles. The average Bonchev–Trinajstić information content (AvgIpc) is 3.34. The molecular formula is C61H104O10Si. The van der Waals surface area contributed by atoms with E-state index in [1.807, 2.05) is 14.0 Å². The number of carbonyl (C=O) groups excluding carboxylic acids is 2. The molecule has 23 atom stereocenters. The van der Waals surface area contributed by atoms with Crippen LogP contribution in [-0.4, -0.2) is 96.2 Å². The molecule has 0 aromatic carbocycles. The maximum atomic E-state index is 14.2. The molecule has 3 aliphatic heterocycles.